The number of carboxylic acid groups (broad SMARTS) is 1. The molecule has 0 saturated carbocycles. The average Bonchev–Trinajstić information content (AvgIpc) is 2.81. The standard InChI is InChI=1S/C29H42N2O5S/c1-20(2)9-7-10-21(3)11-8-12-22(4)15-16-37-19-27(29(35)36)31(28(34)18-30-24(6)32)26-17-25(33)14-13-23(26)5/h9,11,13-15,17,27,33H,7-8,10,12,16,18-19H2,1-6H3,(H,30,32)(H,35,36)/b21-11+,22-15+/t27-/m0/s1. The Bertz CT molecular complexity index is 1030. The Morgan fingerprint density at radius 2 is 1.62 bits per heavy atom. The zero-order valence-corrected chi connectivity index (χ0v) is 23.8. The van der Waals surface area contributed by atoms with Crippen LogP contribution in [0, 0.1) is 6.92 Å². The smallest absolute Gasteiger partial charge is 0.327 e. The Morgan fingerprint density at radius 3 is 2.22 bits per heavy atom. The van der Waals surface area contributed by atoms with Gasteiger partial charge in [0.1, 0.15) is 11.8 Å². The van der Waals surface area contributed by atoms with Gasteiger partial charge < -0.3 is 15.5 Å². The molecule has 0 aliphatic carbocycles. The summed E-state index contributed by atoms with van der Waals surface area (Å²) in [7, 11) is 0. The SMILES string of the molecule is CC(=O)NCC(=O)N(c1cc(O)ccc1C)[C@@H](CSC/C=C(\C)CC/C=C(\C)CCC=C(C)C)C(=O)O. The predicted octanol–water partition coefficient (Wildman–Crippen LogP) is 5.78. The lowest BCUT2D eigenvalue weighted by Crippen LogP contribution is -2.50. The number of carbonyl (C=O) groups excluding carboxylic acids is 2. The van der Waals surface area contributed by atoms with E-state index in [9.17, 15) is 24.6 Å². The molecule has 7 nitrogen and oxygen atoms in total. The maximum absolute atomic E-state index is 13.0. The lowest BCUT2D eigenvalue weighted by Gasteiger charge is -2.30. The van der Waals surface area contributed by atoms with E-state index in [1.54, 1.807) is 13.0 Å². The fourth-order valence-corrected chi connectivity index (χ4v) is 4.65. The van der Waals surface area contributed by atoms with Crippen LogP contribution in [0.3, 0.4) is 0 Å². The van der Waals surface area contributed by atoms with Crippen molar-refractivity contribution in [3.8, 4) is 5.75 Å². The summed E-state index contributed by atoms with van der Waals surface area (Å²) in [6.45, 7) is 11.1. The normalized spacial score (nSPS) is 12.6. The first-order valence-corrected chi connectivity index (χ1v) is 13.7. The Balaban J connectivity index is 2.83. The maximum atomic E-state index is 13.0. The number of allylic oxidation sites excluding steroid dienone is 5. The lowest BCUT2D eigenvalue weighted by atomic mass is 10.1. The summed E-state index contributed by atoms with van der Waals surface area (Å²) in [4.78, 5) is 37.7. The van der Waals surface area contributed by atoms with Crippen molar-refractivity contribution in [1.82, 2.24) is 5.32 Å². The Kier molecular flexibility index (Phi) is 14.4. The molecule has 0 unspecified atom stereocenters. The Labute approximate surface area is 225 Å². The maximum Gasteiger partial charge on any atom is 0.327 e. The number of aromatic hydroxyl groups is 1. The van der Waals surface area contributed by atoms with Gasteiger partial charge in [0.15, 0.2) is 0 Å². The number of benzene rings is 1. The van der Waals surface area contributed by atoms with Gasteiger partial charge in [-0.15, -0.1) is 0 Å². The van der Waals surface area contributed by atoms with Crippen LogP contribution in [-0.2, 0) is 14.4 Å². The van der Waals surface area contributed by atoms with Crippen molar-refractivity contribution in [2.45, 2.75) is 73.3 Å². The molecular weight excluding hydrogens is 488 g/mol. The number of aliphatic carboxylic acids is 1. The second kappa shape index (κ2) is 16.7. The van der Waals surface area contributed by atoms with Crippen LogP contribution in [0.15, 0.2) is 53.1 Å². The van der Waals surface area contributed by atoms with Crippen molar-refractivity contribution in [2.24, 2.45) is 0 Å². The van der Waals surface area contributed by atoms with Gasteiger partial charge in [-0.3, -0.25) is 14.5 Å². The molecule has 0 heterocycles. The summed E-state index contributed by atoms with van der Waals surface area (Å²) in [6.07, 6.45) is 10.7. The first-order chi connectivity index (χ1) is 17.4. The fraction of sp³-hybridized carbons (Fsp3) is 0.483. The Morgan fingerprint density at radius 1 is 1.00 bits per heavy atom. The van der Waals surface area contributed by atoms with Gasteiger partial charge in [-0.1, -0.05) is 41.0 Å². The molecule has 1 rings (SSSR count). The molecular formula is C29H42N2O5S. The van der Waals surface area contributed by atoms with Crippen LogP contribution in [0.5, 0.6) is 5.75 Å². The number of carboxylic acids is 1. The summed E-state index contributed by atoms with van der Waals surface area (Å²) in [6, 6.07) is 3.32. The van der Waals surface area contributed by atoms with Gasteiger partial charge in [0.05, 0.1) is 12.2 Å². The highest BCUT2D eigenvalue weighted by Gasteiger charge is 2.32. The number of phenolic OH excluding ortho intramolecular Hbond substituents is 1. The van der Waals surface area contributed by atoms with Crippen LogP contribution < -0.4 is 10.2 Å². The number of thioether (sulfide) groups is 1. The molecule has 0 bridgehead atoms. The summed E-state index contributed by atoms with van der Waals surface area (Å²) in [5, 5.41) is 22.4. The number of hydrogen-bond donors (Lipinski definition) is 3. The number of amides is 2. The molecule has 0 spiro atoms. The molecule has 0 aliphatic rings. The van der Waals surface area contributed by atoms with E-state index in [0.29, 0.717) is 17.0 Å². The quantitative estimate of drug-likeness (QED) is 0.196. The molecule has 0 saturated heterocycles. The molecule has 0 fully saturated rings. The second-order valence-corrected chi connectivity index (χ2v) is 10.6. The van der Waals surface area contributed by atoms with E-state index in [1.165, 1.54) is 52.4 Å². The third kappa shape index (κ3) is 12.7. The van der Waals surface area contributed by atoms with Crippen LogP contribution in [0.25, 0.3) is 0 Å². The van der Waals surface area contributed by atoms with E-state index >= 15 is 0 Å². The van der Waals surface area contributed by atoms with Gasteiger partial charge in [-0.05, 0) is 71.9 Å². The zero-order valence-electron chi connectivity index (χ0n) is 23.0. The van der Waals surface area contributed by atoms with Gasteiger partial charge in [-0.25, -0.2) is 4.79 Å². The number of phenols is 1. The third-order valence-electron chi connectivity index (χ3n) is 5.75. The summed E-state index contributed by atoms with van der Waals surface area (Å²) >= 11 is 1.42. The molecule has 1 aromatic rings. The predicted molar refractivity (Wildman–Crippen MR) is 153 cm³/mol. The van der Waals surface area contributed by atoms with E-state index in [2.05, 4.69) is 51.2 Å². The first-order valence-electron chi connectivity index (χ1n) is 12.5. The number of nitrogens with one attached hydrogen (secondary N) is 1. The van der Waals surface area contributed by atoms with E-state index in [4.69, 9.17) is 0 Å². The van der Waals surface area contributed by atoms with Gasteiger partial charge in [-0.2, -0.15) is 11.8 Å². The van der Waals surface area contributed by atoms with Gasteiger partial charge >= 0.3 is 5.97 Å². The minimum Gasteiger partial charge on any atom is -0.508 e. The monoisotopic (exact) mass is 530 g/mol. The third-order valence-corrected chi connectivity index (χ3v) is 6.71. The van der Waals surface area contributed by atoms with Crippen molar-refractivity contribution in [1.29, 1.82) is 0 Å². The van der Waals surface area contributed by atoms with E-state index < -0.39 is 17.9 Å². The highest BCUT2D eigenvalue weighted by Crippen LogP contribution is 2.28. The van der Waals surface area contributed by atoms with Crippen LogP contribution in [0.2, 0.25) is 0 Å². The number of carbonyl (C=O) groups is 3. The van der Waals surface area contributed by atoms with Crippen LogP contribution >= 0.6 is 11.8 Å². The number of hydrogen-bond acceptors (Lipinski definition) is 5. The number of rotatable bonds is 15. The van der Waals surface area contributed by atoms with E-state index in [0.717, 1.165) is 25.7 Å². The van der Waals surface area contributed by atoms with Crippen molar-refractivity contribution in [2.75, 3.05) is 23.0 Å². The van der Waals surface area contributed by atoms with E-state index in [1.807, 2.05) is 0 Å². The first kappa shape index (κ1) is 32.0. The fourth-order valence-electron chi connectivity index (χ4n) is 3.59. The molecule has 1 atom stereocenters. The number of aryl methyl sites for hydroxylation is 1. The van der Waals surface area contributed by atoms with Crippen molar-refractivity contribution < 1.29 is 24.6 Å². The van der Waals surface area contributed by atoms with Crippen LogP contribution in [-0.4, -0.2) is 52.1 Å². The molecule has 0 aromatic heterocycles. The van der Waals surface area contributed by atoms with Crippen molar-refractivity contribution >= 4 is 35.2 Å². The van der Waals surface area contributed by atoms with Crippen molar-refractivity contribution in [3.05, 3.63) is 58.7 Å². The molecule has 204 valence electrons. The zero-order chi connectivity index (χ0) is 28.0. The summed E-state index contributed by atoms with van der Waals surface area (Å²) in [5.74, 6) is -1.40. The highest BCUT2D eigenvalue weighted by molar-refractivity contribution is 7.99. The number of anilines is 1. The second-order valence-electron chi connectivity index (χ2n) is 9.50. The minimum absolute atomic E-state index is 0.0745. The Hall–Kier alpha value is -3.00. The van der Waals surface area contributed by atoms with Gasteiger partial charge in [0.2, 0.25) is 11.8 Å². The van der Waals surface area contributed by atoms with Crippen LogP contribution in [0.4, 0.5) is 5.69 Å². The largest absolute Gasteiger partial charge is 0.508 e. The average molecular weight is 531 g/mol. The summed E-state index contributed by atoms with van der Waals surface area (Å²) < 4.78 is 0. The molecule has 2 amide bonds. The molecule has 0 aliphatic heterocycles. The van der Waals surface area contributed by atoms with E-state index in [-0.39, 0.29) is 24.0 Å². The summed E-state index contributed by atoms with van der Waals surface area (Å²) in [5.41, 5.74) is 4.91. The highest BCUT2D eigenvalue weighted by atomic mass is 32.2. The van der Waals surface area contributed by atoms with Crippen LogP contribution in [0.1, 0.15) is 65.9 Å². The molecule has 37 heavy (non-hydrogen) atoms. The van der Waals surface area contributed by atoms with Gasteiger partial charge in [0.25, 0.3) is 0 Å². The van der Waals surface area contributed by atoms with Crippen molar-refractivity contribution in [3.63, 3.8) is 0 Å². The van der Waals surface area contributed by atoms with Gasteiger partial charge in [0, 0.05) is 24.5 Å². The minimum atomic E-state index is -1.16. The molecule has 8 heteroatoms. The molecule has 3 N–H and O–H groups in total. The lowest BCUT2D eigenvalue weighted by molar-refractivity contribution is -0.139. The topological polar surface area (TPSA) is 107 Å². The number of nitrogens with zero attached hydrogens (tertiary/aromatic N) is 1. The molecule has 0 radical (unpaired) electrons. The molecule has 1 aromatic carbocycles.